The van der Waals surface area contributed by atoms with Crippen LogP contribution in [0.3, 0.4) is 0 Å². The van der Waals surface area contributed by atoms with Crippen molar-refractivity contribution in [1.29, 1.82) is 0 Å². The normalized spacial score (nSPS) is 18.1. The van der Waals surface area contributed by atoms with Gasteiger partial charge in [-0.2, -0.15) is 0 Å². The summed E-state index contributed by atoms with van der Waals surface area (Å²) in [4.78, 5) is 16.5. The summed E-state index contributed by atoms with van der Waals surface area (Å²) in [7, 11) is 0. The maximum atomic E-state index is 11.8. The minimum Gasteiger partial charge on any atom is -0.478 e. The van der Waals surface area contributed by atoms with Crippen LogP contribution in [0.1, 0.15) is 40.5 Å². The van der Waals surface area contributed by atoms with Gasteiger partial charge in [0.2, 0.25) is 0 Å². The van der Waals surface area contributed by atoms with Crippen LogP contribution in [0.15, 0.2) is 16.6 Å². The number of aromatic nitrogens is 1. The Bertz CT molecular complexity index is 724. The van der Waals surface area contributed by atoms with Gasteiger partial charge in [0.1, 0.15) is 0 Å². The number of halogens is 1. The molecule has 0 fully saturated rings. The molecule has 1 atom stereocenters. The maximum absolute atomic E-state index is 11.8. The van der Waals surface area contributed by atoms with Gasteiger partial charge in [0.15, 0.2) is 0 Å². The van der Waals surface area contributed by atoms with Crippen molar-refractivity contribution < 1.29 is 9.90 Å². The van der Waals surface area contributed by atoms with Crippen LogP contribution in [0, 0.1) is 12.8 Å². The molecule has 1 unspecified atom stereocenters. The molecular formula is C16H16BrNO2. The fraction of sp³-hybridized carbons (Fsp3) is 0.375. The molecule has 0 amide bonds. The lowest BCUT2D eigenvalue weighted by molar-refractivity contribution is 0.0697. The third-order valence-electron chi connectivity index (χ3n) is 4.07. The minimum atomic E-state index is -0.847. The number of aryl methyl sites for hydroxylation is 2. The summed E-state index contributed by atoms with van der Waals surface area (Å²) >= 11 is 3.45. The molecule has 3 nitrogen and oxygen atoms in total. The molecular weight excluding hydrogens is 318 g/mol. The second-order valence-electron chi connectivity index (χ2n) is 5.68. The zero-order valence-corrected chi connectivity index (χ0v) is 13.1. The van der Waals surface area contributed by atoms with E-state index in [-0.39, 0.29) is 0 Å². The van der Waals surface area contributed by atoms with E-state index in [2.05, 4.69) is 22.9 Å². The summed E-state index contributed by atoms with van der Waals surface area (Å²) in [6.07, 6.45) is 2.77. The molecule has 0 aliphatic heterocycles. The van der Waals surface area contributed by atoms with Crippen molar-refractivity contribution in [1.82, 2.24) is 4.98 Å². The third-order valence-corrected chi connectivity index (χ3v) is 4.53. The fourth-order valence-electron chi connectivity index (χ4n) is 3.09. The minimum absolute atomic E-state index is 0.445. The van der Waals surface area contributed by atoms with Gasteiger partial charge < -0.3 is 5.11 Å². The fourth-order valence-corrected chi connectivity index (χ4v) is 3.66. The summed E-state index contributed by atoms with van der Waals surface area (Å²) in [5.41, 5.74) is 4.18. The third kappa shape index (κ3) is 2.12. The number of carboxylic acids is 1. The number of rotatable bonds is 1. The topological polar surface area (TPSA) is 50.2 Å². The predicted octanol–water partition coefficient (Wildman–Crippen LogP) is 4.13. The van der Waals surface area contributed by atoms with Crippen molar-refractivity contribution in [2.24, 2.45) is 5.92 Å². The average Bonchev–Trinajstić information content (AvgIpc) is 2.36. The molecule has 0 spiro atoms. The van der Waals surface area contributed by atoms with Gasteiger partial charge >= 0.3 is 5.97 Å². The van der Waals surface area contributed by atoms with Crippen LogP contribution in [-0.4, -0.2) is 16.1 Å². The van der Waals surface area contributed by atoms with E-state index >= 15 is 0 Å². The Balaban J connectivity index is 2.42. The lowest BCUT2D eigenvalue weighted by Crippen LogP contribution is -2.18. The summed E-state index contributed by atoms with van der Waals surface area (Å²) in [6, 6.07) is 3.86. The van der Waals surface area contributed by atoms with E-state index in [4.69, 9.17) is 4.98 Å². The van der Waals surface area contributed by atoms with Crippen molar-refractivity contribution in [2.75, 3.05) is 0 Å². The Morgan fingerprint density at radius 2 is 2.20 bits per heavy atom. The Hall–Kier alpha value is -1.42. The Labute approximate surface area is 126 Å². The SMILES string of the molecule is Cc1cc(Br)cc2c(C(=O)O)c3c(nc12)CCC(C)C3. The van der Waals surface area contributed by atoms with Gasteiger partial charge in [-0.05, 0) is 55.4 Å². The second kappa shape index (κ2) is 4.85. The molecule has 0 radical (unpaired) electrons. The van der Waals surface area contributed by atoms with E-state index in [1.807, 2.05) is 19.1 Å². The number of pyridine rings is 1. The highest BCUT2D eigenvalue weighted by Gasteiger charge is 2.25. The van der Waals surface area contributed by atoms with Gasteiger partial charge in [-0.25, -0.2) is 4.79 Å². The molecule has 1 aliphatic rings. The molecule has 1 aromatic heterocycles. The van der Waals surface area contributed by atoms with Crippen LogP contribution in [0.5, 0.6) is 0 Å². The summed E-state index contributed by atoms with van der Waals surface area (Å²) in [6.45, 7) is 4.15. The number of aromatic carboxylic acids is 1. The van der Waals surface area contributed by atoms with E-state index in [0.29, 0.717) is 11.5 Å². The first-order chi connectivity index (χ1) is 9.47. The van der Waals surface area contributed by atoms with Crippen molar-refractivity contribution in [3.8, 4) is 0 Å². The van der Waals surface area contributed by atoms with Crippen molar-refractivity contribution in [3.05, 3.63) is 39.0 Å². The first-order valence-electron chi connectivity index (χ1n) is 6.82. The number of hydrogen-bond acceptors (Lipinski definition) is 2. The monoisotopic (exact) mass is 333 g/mol. The van der Waals surface area contributed by atoms with Gasteiger partial charge in [-0.3, -0.25) is 4.98 Å². The van der Waals surface area contributed by atoms with Gasteiger partial charge in [0, 0.05) is 15.6 Å². The van der Waals surface area contributed by atoms with E-state index in [1.54, 1.807) is 0 Å². The molecule has 0 saturated carbocycles. The number of carbonyl (C=O) groups is 1. The Morgan fingerprint density at radius 3 is 2.90 bits per heavy atom. The lowest BCUT2D eigenvalue weighted by atomic mass is 9.84. The number of fused-ring (bicyclic) bond motifs is 2. The van der Waals surface area contributed by atoms with Gasteiger partial charge in [-0.1, -0.05) is 22.9 Å². The smallest absolute Gasteiger partial charge is 0.336 e. The molecule has 1 aliphatic carbocycles. The van der Waals surface area contributed by atoms with Gasteiger partial charge in [0.25, 0.3) is 0 Å². The number of nitrogens with zero attached hydrogens (tertiary/aromatic N) is 1. The van der Waals surface area contributed by atoms with Gasteiger partial charge in [-0.15, -0.1) is 0 Å². The van der Waals surface area contributed by atoms with E-state index in [0.717, 1.165) is 51.5 Å². The summed E-state index contributed by atoms with van der Waals surface area (Å²) < 4.78 is 0.899. The number of carboxylic acid groups (broad SMARTS) is 1. The standard InChI is InChI=1S/C16H16BrNO2/c1-8-3-4-13-11(5-8)14(16(19)20)12-7-10(17)6-9(2)15(12)18-13/h6-8H,3-5H2,1-2H3,(H,19,20). The number of hydrogen-bond donors (Lipinski definition) is 1. The first-order valence-corrected chi connectivity index (χ1v) is 7.61. The zero-order chi connectivity index (χ0) is 14.4. The summed E-state index contributed by atoms with van der Waals surface area (Å²) in [5, 5.41) is 10.4. The molecule has 1 aromatic carbocycles. The summed E-state index contributed by atoms with van der Waals surface area (Å²) in [5.74, 6) is -0.326. The van der Waals surface area contributed by atoms with Crippen LogP contribution in [0.2, 0.25) is 0 Å². The Morgan fingerprint density at radius 1 is 1.45 bits per heavy atom. The van der Waals surface area contributed by atoms with Crippen LogP contribution < -0.4 is 0 Å². The largest absolute Gasteiger partial charge is 0.478 e. The molecule has 104 valence electrons. The zero-order valence-electron chi connectivity index (χ0n) is 11.5. The molecule has 0 bridgehead atoms. The molecule has 1 heterocycles. The quantitative estimate of drug-likeness (QED) is 0.853. The maximum Gasteiger partial charge on any atom is 0.336 e. The predicted molar refractivity (Wildman–Crippen MR) is 82.3 cm³/mol. The highest BCUT2D eigenvalue weighted by atomic mass is 79.9. The van der Waals surface area contributed by atoms with Crippen LogP contribution in [0.4, 0.5) is 0 Å². The molecule has 3 rings (SSSR count). The van der Waals surface area contributed by atoms with Gasteiger partial charge in [0.05, 0.1) is 11.1 Å². The first kappa shape index (κ1) is 13.6. The lowest BCUT2D eigenvalue weighted by Gasteiger charge is -2.23. The molecule has 2 aromatic rings. The Kier molecular flexibility index (Phi) is 3.28. The molecule has 1 N–H and O–H groups in total. The van der Waals surface area contributed by atoms with Crippen LogP contribution >= 0.6 is 15.9 Å². The molecule has 4 heteroatoms. The van der Waals surface area contributed by atoms with Crippen molar-refractivity contribution >= 4 is 32.8 Å². The van der Waals surface area contributed by atoms with E-state index in [9.17, 15) is 9.90 Å². The highest BCUT2D eigenvalue weighted by Crippen LogP contribution is 2.34. The molecule has 0 saturated heterocycles. The van der Waals surface area contributed by atoms with Crippen LogP contribution in [-0.2, 0) is 12.8 Å². The van der Waals surface area contributed by atoms with Crippen molar-refractivity contribution in [3.63, 3.8) is 0 Å². The van der Waals surface area contributed by atoms with E-state index < -0.39 is 5.97 Å². The van der Waals surface area contributed by atoms with Crippen molar-refractivity contribution in [2.45, 2.75) is 33.1 Å². The average molecular weight is 334 g/mol. The number of benzene rings is 1. The second-order valence-corrected chi connectivity index (χ2v) is 6.60. The highest BCUT2D eigenvalue weighted by molar-refractivity contribution is 9.10. The van der Waals surface area contributed by atoms with Crippen LogP contribution in [0.25, 0.3) is 10.9 Å². The van der Waals surface area contributed by atoms with E-state index in [1.165, 1.54) is 0 Å². The molecule has 20 heavy (non-hydrogen) atoms.